The third kappa shape index (κ3) is 4.11. The average Bonchev–Trinajstić information content (AvgIpc) is 2.18. The summed E-state index contributed by atoms with van der Waals surface area (Å²) < 4.78 is 5.32. The molecule has 1 aromatic heterocycles. The van der Waals surface area contributed by atoms with Gasteiger partial charge < -0.3 is 9.64 Å². The number of ether oxygens (including phenoxy) is 1. The second-order valence-corrected chi connectivity index (χ2v) is 3.30. The minimum atomic E-state index is 0.0105. The van der Waals surface area contributed by atoms with Gasteiger partial charge in [-0.1, -0.05) is 0 Å². The standard InChI is InChI=1S/C9H15N3O3/c1-11(2)5-6-15-9-4-3-8(7-10-9)12(13)14/h3-4,7,13-14H,5-6H2,1-2H3. The van der Waals surface area contributed by atoms with E-state index in [0.717, 1.165) is 6.54 Å². The van der Waals surface area contributed by atoms with Gasteiger partial charge in [0.05, 0.1) is 6.20 Å². The number of hydrogen-bond donors (Lipinski definition) is 2. The first-order chi connectivity index (χ1) is 7.09. The summed E-state index contributed by atoms with van der Waals surface area (Å²) in [6.45, 7) is 1.34. The largest absolute Gasteiger partial charge is 0.476 e. The molecule has 1 aromatic rings. The lowest BCUT2D eigenvalue weighted by molar-refractivity contribution is 0.0289. The predicted molar refractivity (Wildman–Crippen MR) is 54.3 cm³/mol. The summed E-state index contributed by atoms with van der Waals surface area (Å²) in [5, 5.41) is 17.3. The lowest BCUT2D eigenvalue weighted by Crippen LogP contribution is -2.19. The maximum atomic E-state index is 8.66. The number of anilines is 1. The van der Waals surface area contributed by atoms with E-state index < -0.39 is 0 Å². The molecule has 2 N–H and O–H groups in total. The van der Waals surface area contributed by atoms with Crippen LogP contribution in [0.5, 0.6) is 5.88 Å². The maximum Gasteiger partial charge on any atom is 0.213 e. The van der Waals surface area contributed by atoms with E-state index in [1.165, 1.54) is 12.3 Å². The minimum Gasteiger partial charge on any atom is -0.476 e. The molecule has 0 spiro atoms. The van der Waals surface area contributed by atoms with Crippen LogP contribution < -0.4 is 9.96 Å². The molecule has 0 radical (unpaired) electrons. The summed E-state index contributed by atoms with van der Waals surface area (Å²) in [6, 6.07) is 3.07. The highest BCUT2D eigenvalue weighted by Crippen LogP contribution is 2.13. The Kier molecular flexibility index (Phi) is 4.29. The van der Waals surface area contributed by atoms with Gasteiger partial charge in [0, 0.05) is 12.6 Å². The van der Waals surface area contributed by atoms with E-state index in [0.29, 0.717) is 12.5 Å². The Hall–Kier alpha value is -1.37. The molecule has 0 saturated carbocycles. The molecule has 0 aromatic carbocycles. The average molecular weight is 213 g/mol. The summed E-state index contributed by atoms with van der Waals surface area (Å²) >= 11 is 0. The van der Waals surface area contributed by atoms with Gasteiger partial charge in [0.1, 0.15) is 12.3 Å². The molecular weight excluding hydrogens is 198 g/mol. The highest BCUT2D eigenvalue weighted by atomic mass is 16.8. The predicted octanol–water partition coefficient (Wildman–Crippen LogP) is 0.607. The Balaban J connectivity index is 2.43. The number of rotatable bonds is 5. The molecule has 15 heavy (non-hydrogen) atoms. The van der Waals surface area contributed by atoms with Gasteiger partial charge in [-0.15, -0.1) is 5.23 Å². The zero-order chi connectivity index (χ0) is 11.3. The Bertz CT molecular complexity index is 287. The first-order valence-corrected chi connectivity index (χ1v) is 4.51. The SMILES string of the molecule is CN(C)CCOc1ccc(N(O)O)cn1. The van der Waals surface area contributed by atoms with E-state index in [9.17, 15) is 0 Å². The molecule has 6 heteroatoms. The zero-order valence-electron chi connectivity index (χ0n) is 8.79. The molecule has 0 aliphatic rings. The van der Waals surface area contributed by atoms with Crippen LogP contribution in [0.25, 0.3) is 0 Å². The van der Waals surface area contributed by atoms with Crippen molar-refractivity contribution >= 4 is 5.69 Å². The van der Waals surface area contributed by atoms with Gasteiger partial charge in [-0.3, -0.25) is 10.4 Å². The first kappa shape index (κ1) is 11.7. The van der Waals surface area contributed by atoms with E-state index in [1.54, 1.807) is 6.07 Å². The topological polar surface area (TPSA) is 69.1 Å². The van der Waals surface area contributed by atoms with Gasteiger partial charge in [-0.25, -0.2) is 4.98 Å². The van der Waals surface area contributed by atoms with Crippen LogP contribution in [0.2, 0.25) is 0 Å². The molecular formula is C9H15N3O3. The molecule has 84 valence electrons. The molecule has 1 rings (SSSR count). The molecule has 0 unspecified atom stereocenters. The lowest BCUT2D eigenvalue weighted by atomic mass is 10.4. The molecule has 0 fully saturated rings. The smallest absolute Gasteiger partial charge is 0.213 e. The second kappa shape index (κ2) is 5.50. The van der Waals surface area contributed by atoms with Gasteiger partial charge in [-0.05, 0) is 20.2 Å². The van der Waals surface area contributed by atoms with Gasteiger partial charge in [0.25, 0.3) is 0 Å². The fourth-order valence-electron chi connectivity index (χ4n) is 0.909. The van der Waals surface area contributed by atoms with Crippen LogP contribution in [0.4, 0.5) is 5.69 Å². The van der Waals surface area contributed by atoms with Crippen molar-refractivity contribution in [2.45, 2.75) is 0 Å². The number of nitrogens with zero attached hydrogens (tertiary/aromatic N) is 3. The summed E-state index contributed by atoms with van der Waals surface area (Å²) in [5.41, 5.74) is 0.190. The molecule has 0 saturated heterocycles. The summed E-state index contributed by atoms with van der Waals surface area (Å²) in [4.78, 5) is 5.89. The Labute approximate surface area is 88.2 Å². The number of pyridine rings is 1. The van der Waals surface area contributed by atoms with Crippen LogP contribution >= 0.6 is 0 Å². The molecule has 0 amide bonds. The van der Waals surface area contributed by atoms with Crippen molar-refractivity contribution in [3.8, 4) is 5.88 Å². The normalized spacial score (nSPS) is 10.5. The quantitative estimate of drug-likeness (QED) is 0.698. The van der Waals surface area contributed by atoms with Crippen LogP contribution in [0.1, 0.15) is 0 Å². The van der Waals surface area contributed by atoms with Crippen LogP contribution in [0.15, 0.2) is 18.3 Å². The second-order valence-electron chi connectivity index (χ2n) is 3.30. The molecule has 0 aliphatic carbocycles. The van der Waals surface area contributed by atoms with Crippen molar-refractivity contribution in [3.05, 3.63) is 18.3 Å². The zero-order valence-corrected chi connectivity index (χ0v) is 8.79. The van der Waals surface area contributed by atoms with Gasteiger partial charge in [0.15, 0.2) is 0 Å². The highest BCUT2D eigenvalue weighted by Gasteiger charge is 2.00. The van der Waals surface area contributed by atoms with E-state index >= 15 is 0 Å². The summed E-state index contributed by atoms with van der Waals surface area (Å²) in [7, 11) is 3.91. The van der Waals surface area contributed by atoms with Gasteiger partial charge in [0.2, 0.25) is 5.88 Å². The number of hydrogen-bond acceptors (Lipinski definition) is 6. The fraction of sp³-hybridized carbons (Fsp3) is 0.444. The maximum absolute atomic E-state index is 8.66. The molecule has 0 aliphatic heterocycles. The van der Waals surface area contributed by atoms with E-state index in [1.807, 2.05) is 19.0 Å². The third-order valence-electron chi connectivity index (χ3n) is 1.74. The van der Waals surface area contributed by atoms with Crippen molar-refractivity contribution in [1.82, 2.24) is 9.88 Å². The van der Waals surface area contributed by atoms with Crippen LogP contribution in [0, 0.1) is 0 Å². The summed E-state index contributed by atoms with van der Waals surface area (Å²) in [5.74, 6) is 0.461. The van der Waals surface area contributed by atoms with Crippen LogP contribution in [-0.4, -0.2) is 47.5 Å². The third-order valence-corrected chi connectivity index (χ3v) is 1.74. The number of aromatic nitrogens is 1. The molecule has 6 nitrogen and oxygen atoms in total. The Morgan fingerprint density at radius 2 is 2.07 bits per heavy atom. The molecule has 0 bridgehead atoms. The lowest BCUT2D eigenvalue weighted by Gasteiger charge is -2.11. The van der Waals surface area contributed by atoms with E-state index in [-0.39, 0.29) is 10.9 Å². The van der Waals surface area contributed by atoms with Crippen molar-refractivity contribution in [2.75, 3.05) is 32.5 Å². The fourth-order valence-corrected chi connectivity index (χ4v) is 0.909. The van der Waals surface area contributed by atoms with E-state index in [2.05, 4.69) is 4.98 Å². The summed E-state index contributed by atoms with van der Waals surface area (Å²) in [6.07, 6.45) is 1.31. The Morgan fingerprint density at radius 1 is 1.33 bits per heavy atom. The Morgan fingerprint density at radius 3 is 2.53 bits per heavy atom. The van der Waals surface area contributed by atoms with Crippen LogP contribution in [-0.2, 0) is 0 Å². The van der Waals surface area contributed by atoms with Crippen molar-refractivity contribution in [3.63, 3.8) is 0 Å². The van der Waals surface area contributed by atoms with Gasteiger partial charge >= 0.3 is 0 Å². The number of likely N-dealkylation sites (N-methyl/N-ethyl adjacent to an activating group) is 1. The van der Waals surface area contributed by atoms with Crippen molar-refractivity contribution < 1.29 is 15.2 Å². The highest BCUT2D eigenvalue weighted by molar-refractivity contribution is 5.39. The monoisotopic (exact) mass is 213 g/mol. The van der Waals surface area contributed by atoms with E-state index in [4.69, 9.17) is 15.2 Å². The van der Waals surface area contributed by atoms with Crippen LogP contribution in [0.3, 0.4) is 0 Å². The molecule has 1 heterocycles. The van der Waals surface area contributed by atoms with Gasteiger partial charge in [-0.2, -0.15) is 0 Å². The van der Waals surface area contributed by atoms with Crippen molar-refractivity contribution in [2.24, 2.45) is 0 Å². The molecule has 0 atom stereocenters. The minimum absolute atomic E-state index is 0.0105. The van der Waals surface area contributed by atoms with Crippen molar-refractivity contribution in [1.29, 1.82) is 0 Å². The first-order valence-electron chi connectivity index (χ1n) is 4.51.